The summed E-state index contributed by atoms with van der Waals surface area (Å²) in [7, 11) is 0. The lowest BCUT2D eigenvalue weighted by atomic mass is 9.99. The third-order valence-corrected chi connectivity index (χ3v) is 5.11. The lowest BCUT2D eigenvalue weighted by Crippen LogP contribution is -2.31. The highest BCUT2D eigenvalue weighted by atomic mass is 32.1. The third kappa shape index (κ3) is 2.82. The van der Waals surface area contributed by atoms with Gasteiger partial charge in [0, 0.05) is 18.5 Å². The zero-order valence-electron chi connectivity index (χ0n) is 13.8. The van der Waals surface area contributed by atoms with E-state index >= 15 is 0 Å². The molecule has 0 radical (unpaired) electrons. The number of thiazole rings is 1. The first-order valence-corrected chi connectivity index (χ1v) is 9.15. The molecular weight excluding hydrogens is 340 g/mol. The van der Waals surface area contributed by atoms with Gasteiger partial charge in [-0.1, -0.05) is 24.3 Å². The second-order valence-electron chi connectivity index (χ2n) is 6.02. The van der Waals surface area contributed by atoms with Crippen LogP contribution in [0.2, 0.25) is 0 Å². The Morgan fingerprint density at radius 2 is 2.28 bits per heavy atom. The molecule has 0 spiro atoms. The molecule has 3 heterocycles. The minimum Gasteiger partial charge on any atom is -0.494 e. The maximum Gasteiger partial charge on any atom is 0.373 e. The fraction of sp³-hybridized carbons (Fsp3) is 0.353. The van der Waals surface area contributed by atoms with E-state index < -0.39 is 0 Å². The minimum absolute atomic E-state index is 0.0441. The fourth-order valence-electron chi connectivity index (χ4n) is 3.16. The number of ether oxygens (including phenoxy) is 1. The fourth-order valence-corrected chi connectivity index (χ4v) is 3.87. The maximum absolute atomic E-state index is 11.5. The summed E-state index contributed by atoms with van der Waals surface area (Å²) in [6, 6.07) is 6.11. The molecule has 0 saturated heterocycles. The summed E-state index contributed by atoms with van der Waals surface area (Å²) in [4.78, 5) is 18.3. The summed E-state index contributed by atoms with van der Waals surface area (Å²) >= 11 is 1.40. The highest BCUT2D eigenvalue weighted by Crippen LogP contribution is 2.34. The molecule has 0 amide bonds. The molecular formula is C17H18N4O3S. The first kappa shape index (κ1) is 15.9. The van der Waals surface area contributed by atoms with Gasteiger partial charge in [0.05, 0.1) is 6.61 Å². The molecule has 0 atom stereocenters. The Balaban J connectivity index is 1.63. The Labute approximate surface area is 148 Å². The van der Waals surface area contributed by atoms with Crippen molar-refractivity contribution >= 4 is 27.9 Å². The Kier molecular flexibility index (Phi) is 4.04. The topological polar surface area (TPSA) is 72.9 Å². The van der Waals surface area contributed by atoms with Crippen LogP contribution in [0.25, 0.3) is 4.96 Å². The molecule has 8 heteroatoms. The van der Waals surface area contributed by atoms with Gasteiger partial charge >= 0.3 is 5.82 Å². The number of benzene rings is 1. The van der Waals surface area contributed by atoms with Crippen molar-refractivity contribution in [2.24, 2.45) is 0 Å². The van der Waals surface area contributed by atoms with Crippen LogP contribution in [0.4, 0.5) is 11.6 Å². The van der Waals surface area contributed by atoms with Crippen molar-refractivity contribution in [3.63, 3.8) is 0 Å². The SMILES string of the molecule is CCCOc1ccc2c(c1)CCN(c1nc3sccn3c1[N+](=O)[O-])C2. The van der Waals surface area contributed by atoms with Crippen LogP contribution in [-0.2, 0) is 13.0 Å². The standard InChI is InChI=1S/C17H18N4O3S/c1-2-8-24-14-4-3-13-11-19(6-5-12(13)10-14)15-16(21(22)23)20-7-9-25-17(20)18-15/h3-4,7,9-10H,2,5-6,8,11H2,1H3. The Morgan fingerprint density at radius 1 is 1.40 bits per heavy atom. The summed E-state index contributed by atoms with van der Waals surface area (Å²) in [6.45, 7) is 4.12. The van der Waals surface area contributed by atoms with Crippen molar-refractivity contribution in [2.75, 3.05) is 18.1 Å². The second-order valence-corrected chi connectivity index (χ2v) is 6.90. The summed E-state index contributed by atoms with van der Waals surface area (Å²) in [5.74, 6) is 1.39. The zero-order chi connectivity index (χ0) is 17.4. The van der Waals surface area contributed by atoms with E-state index in [1.54, 1.807) is 10.6 Å². The van der Waals surface area contributed by atoms with Gasteiger partial charge in [-0.05, 0) is 41.0 Å². The number of rotatable bonds is 5. The third-order valence-electron chi connectivity index (χ3n) is 4.35. The van der Waals surface area contributed by atoms with Gasteiger partial charge in [-0.3, -0.25) is 0 Å². The van der Waals surface area contributed by atoms with Crippen LogP contribution >= 0.6 is 11.3 Å². The van der Waals surface area contributed by atoms with Crippen LogP contribution in [-0.4, -0.2) is 27.5 Å². The molecule has 3 aromatic rings. The molecule has 1 aromatic carbocycles. The van der Waals surface area contributed by atoms with Crippen molar-refractivity contribution in [3.05, 3.63) is 51.0 Å². The molecule has 1 aliphatic rings. The van der Waals surface area contributed by atoms with E-state index in [4.69, 9.17) is 4.74 Å². The molecule has 1 aliphatic heterocycles. The van der Waals surface area contributed by atoms with E-state index in [-0.39, 0.29) is 10.7 Å². The number of imidazole rings is 1. The molecule has 2 aromatic heterocycles. The smallest absolute Gasteiger partial charge is 0.373 e. The van der Waals surface area contributed by atoms with E-state index in [9.17, 15) is 10.1 Å². The largest absolute Gasteiger partial charge is 0.494 e. The number of hydrogen-bond acceptors (Lipinski definition) is 6. The average Bonchev–Trinajstić information content (AvgIpc) is 3.19. The molecule has 0 N–H and O–H groups in total. The van der Waals surface area contributed by atoms with Crippen LogP contribution in [0.5, 0.6) is 5.75 Å². The van der Waals surface area contributed by atoms with Crippen LogP contribution < -0.4 is 9.64 Å². The summed E-state index contributed by atoms with van der Waals surface area (Å²) in [5, 5.41) is 13.3. The van der Waals surface area contributed by atoms with Crippen LogP contribution in [0, 0.1) is 10.1 Å². The molecule has 130 valence electrons. The lowest BCUT2D eigenvalue weighted by Gasteiger charge is -2.28. The quantitative estimate of drug-likeness (QED) is 0.514. The van der Waals surface area contributed by atoms with Crippen LogP contribution in [0.15, 0.2) is 29.8 Å². The van der Waals surface area contributed by atoms with E-state index in [0.717, 1.165) is 18.6 Å². The molecule has 25 heavy (non-hydrogen) atoms. The van der Waals surface area contributed by atoms with Gasteiger partial charge in [0.1, 0.15) is 11.9 Å². The molecule has 0 bridgehead atoms. The zero-order valence-corrected chi connectivity index (χ0v) is 14.7. The van der Waals surface area contributed by atoms with E-state index in [0.29, 0.717) is 30.5 Å². The minimum atomic E-state index is -0.348. The number of hydrogen-bond donors (Lipinski definition) is 0. The molecule has 0 unspecified atom stereocenters. The second kappa shape index (κ2) is 6.36. The van der Waals surface area contributed by atoms with Crippen LogP contribution in [0.3, 0.4) is 0 Å². The van der Waals surface area contributed by atoms with Gasteiger partial charge in [0.2, 0.25) is 5.82 Å². The maximum atomic E-state index is 11.5. The van der Waals surface area contributed by atoms with Gasteiger partial charge in [-0.2, -0.15) is 9.38 Å². The summed E-state index contributed by atoms with van der Waals surface area (Å²) in [6.07, 6.45) is 3.50. The highest BCUT2D eigenvalue weighted by Gasteiger charge is 2.30. The molecule has 0 aliphatic carbocycles. The van der Waals surface area contributed by atoms with E-state index in [2.05, 4.69) is 24.0 Å². The van der Waals surface area contributed by atoms with Gasteiger partial charge in [0.25, 0.3) is 4.96 Å². The average molecular weight is 358 g/mol. The van der Waals surface area contributed by atoms with Crippen molar-refractivity contribution in [1.29, 1.82) is 0 Å². The Hall–Kier alpha value is -2.61. The number of nitrogens with zero attached hydrogens (tertiary/aromatic N) is 4. The van der Waals surface area contributed by atoms with Crippen molar-refractivity contribution in [1.82, 2.24) is 9.38 Å². The highest BCUT2D eigenvalue weighted by molar-refractivity contribution is 7.15. The van der Waals surface area contributed by atoms with Crippen molar-refractivity contribution in [2.45, 2.75) is 26.3 Å². The first-order chi connectivity index (χ1) is 12.2. The number of fused-ring (bicyclic) bond motifs is 2. The summed E-state index contributed by atoms with van der Waals surface area (Å²) in [5.41, 5.74) is 2.41. The molecule has 4 rings (SSSR count). The van der Waals surface area contributed by atoms with Gasteiger partial charge in [0.15, 0.2) is 0 Å². The molecule has 0 saturated carbocycles. The number of aromatic nitrogens is 2. The van der Waals surface area contributed by atoms with Crippen molar-refractivity contribution in [3.8, 4) is 5.75 Å². The number of nitro groups is 1. The van der Waals surface area contributed by atoms with Gasteiger partial charge in [-0.15, -0.1) is 0 Å². The Morgan fingerprint density at radius 3 is 3.08 bits per heavy atom. The molecule has 0 fully saturated rings. The van der Waals surface area contributed by atoms with Crippen LogP contribution in [0.1, 0.15) is 24.5 Å². The Bertz CT molecular complexity index is 933. The van der Waals surface area contributed by atoms with E-state index in [1.807, 2.05) is 16.3 Å². The van der Waals surface area contributed by atoms with Gasteiger partial charge < -0.3 is 19.8 Å². The predicted molar refractivity (Wildman–Crippen MR) is 96.7 cm³/mol. The van der Waals surface area contributed by atoms with Gasteiger partial charge in [-0.25, -0.2) is 0 Å². The van der Waals surface area contributed by atoms with E-state index in [1.165, 1.54) is 22.5 Å². The lowest BCUT2D eigenvalue weighted by molar-refractivity contribution is -0.389. The monoisotopic (exact) mass is 358 g/mol. The molecule has 7 nitrogen and oxygen atoms in total. The predicted octanol–water partition coefficient (Wildman–Crippen LogP) is 3.66. The van der Waals surface area contributed by atoms with Crippen molar-refractivity contribution < 1.29 is 9.66 Å². The first-order valence-electron chi connectivity index (χ1n) is 8.27. The summed E-state index contributed by atoms with van der Waals surface area (Å²) < 4.78 is 7.25. The number of anilines is 1. The normalized spacial score (nSPS) is 13.9.